The molecule has 5 unspecified atom stereocenters. The van der Waals surface area contributed by atoms with Crippen molar-refractivity contribution < 1.29 is 34.0 Å². The lowest BCUT2D eigenvalue weighted by molar-refractivity contribution is -0.205. The van der Waals surface area contributed by atoms with Crippen LogP contribution in [0.25, 0.3) is 0 Å². The summed E-state index contributed by atoms with van der Waals surface area (Å²) >= 11 is 7.60. The van der Waals surface area contributed by atoms with Gasteiger partial charge in [-0.05, 0) is 32.1 Å². The number of hydrogen-bond acceptors (Lipinski definition) is 9. The molecule has 6 N–H and O–H groups in total. The Hall–Kier alpha value is -1.02. The molecule has 3 aliphatic rings. The van der Waals surface area contributed by atoms with Crippen molar-refractivity contribution in [2.75, 3.05) is 19.4 Å². The van der Waals surface area contributed by atoms with Gasteiger partial charge in [-0.1, -0.05) is 18.2 Å². The molecule has 208 valence electrons. The molecule has 0 spiro atoms. The van der Waals surface area contributed by atoms with Crippen LogP contribution in [0.4, 0.5) is 4.39 Å². The van der Waals surface area contributed by atoms with Crippen LogP contribution in [0.5, 0.6) is 0 Å². The van der Waals surface area contributed by atoms with Gasteiger partial charge in [-0.3, -0.25) is 4.79 Å². The minimum Gasteiger partial charge on any atom is -0.388 e. The predicted molar refractivity (Wildman–Crippen MR) is 139 cm³/mol. The molecule has 1 aromatic carbocycles. The Bertz CT molecular complexity index is 917. The molecule has 1 aromatic rings. The lowest BCUT2D eigenvalue weighted by Gasteiger charge is -2.44. The quantitative estimate of drug-likeness (QED) is 0.249. The molecule has 3 aliphatic heterocycles. The number of fused-ring (bicyclic) bond motifs is 1. The van der Waals surface area contributed by atoms with E-state index in [1.54, 1.807) is 25.3 Å². The van der Waals surface area contributed by atoms with E-state index in [9.17, 15) is 24.5 Å². The first-order chi connectivity index (χ1) is 17.7. The molecular weight excluding hydrogens is 525 g/mol. The molecule has 3 heterocycles. The molecule has 0 saturated carbocycles. The standard InChI is InChI=1S/C25H37ClFN3O6S/c1-12(26)17(23-20(32)19(31)21(33)25(36-23)37-2)30-24(34)18-22-14(11-29-18)9-15(7-8-35-22)28-10-13-5-3-4-6-16(13)27/h3-6,12,14-15,17-23,25,28-29,31-33H,7-11H2,1-2H3,(H,30,34)/t12?,14-,15?,17+,18-,19?,20?,21+,22+,23+,25?/m0/s1. The normalized spacial score (nSPS) is 37.9. The van der Waals surface area contributed by atoms with Crippen molar-refractivity contribution in [1.82, 2.24) is 16.0 Å². The average molecular weight is 562 g/mol. The molecule has 12 heteroatoms. The van der Waals surface area contributed by atoms with Gasteiger partial charge in [-0.25, -0.2) is 4.39 Å². The highest BCUT2D eigenvalue weighted by Crippen LogP contribution is 2.31. The van der Waals surface area contributed by atoms with Crippen molar-refractivity contribution >= 4 is 29.3 Å². The second kappa shape index (κ2) is 12.9. The predicted octanol–water partition coefficient (Wildman–Crippen LogP) is 0.334. The molecule has 4 rings (SSSR count). The Morgan fingerprint density at radius 3 is 2.73 bits per heavy atom. The van der Waals surface area contributed by atoms with Gasteiger partial charge in [0.1, 0.15) is 41.7 Å². The smallest absolute Gasteiger partial charge is 0.240 e. The minimum absolute atomic E-state index is 0.0811. The number of carbonyl (C=O) groups is 1. The van der Waals surface area contributed by atoms with Crippen molar-refractivity contribution in [3.8, 4) is 0 Å². The number of rotatable bonds is 8. The van der Waals surface area contributed by atoms with Crippen molar-refractivity contribution in [3.05, 3.63) is 35.6 Å². The zero-order valence-corrected chi connectivity index (χ0v) is 22.5. The van der Waals surface area contributed by atoms with Crippen LogP contribution >= 0.6 is 23.4 Å². The molecule has 0 aromatic heterocycles. The summed E-state index contributed by atoms with van der Waals surface area (Å²) in [5.41, 5.74) is -0.160. The summed E-state index contributed by atoms with van der Waals surface area (Å²) in [6.07, 6.45) is -2.24. The minimum atomic E-state index is -1.43. The number of benzene rings is 1. The Balaban J connectivity index is 1.37. The van der Waals surface area contributed by atoms with Crippen LogP contribution in [-0.4, -0.2) is 100 Å². The van der Waals surface area contributed by atoms with Crippen LogP contribution in [0.2, 0.25) is 0 Å². The zero-order chi connectivity index (χ0) is 26.7. The van der Waals surface area contributed by atoms with Gasteiger partial charge in [0.25, 0.3) is 0 Å². The second-order valence-corrected chi connectivity index (χ2v) is 11.7. The van der Waals surface area contributed by atoms with Crippen LogP contribution in [0.1, 0.15) is 25.3 Å². The number of amides is 1. The number of nitrogens with one attached hydrogen (secondary N) is 3. The number of thioether (sulfide) groups is 1. The van der Waals surface area contributed by atoms with E-state index in [-0.39, 0.29) is 29.8 Å². The Morgan fingerprint density at radius 1 is 1.27 bits per heavy atom. The number of alkyl halides is 1. The second-order valence-electron chi connectivity index (χ2n) is 10.1. The van der Waals surface area contributed by atoms with Crippen LogP contribution in [-0.2, 0) is 20.8 Å². The first-order valence-electron chi connectivity index (χ1n) is 12.7. The fraction of sp³-hybridized carbons (Fsp3) is 0.720. The van der Waals surface area contributed by atoms with Crippen LogP contribution in [0, 0.1) is 11.7 Å². The van der Waals surface area contributed by atoms with Gasteiger partial charge in [0, 0.05) is 37.2 Å². The number of halogens is 2. The monoisotopic (exact) mass is 561 g/mol. The Kier molecular flexibility index (Phi) is 10.1. The van der Waals surface area contributed by atoms with Gasteiger partial charge in [0.15, 0.2) is 0 Å². The van der Waals surface area contributed by atoms with E-state index < -0.39 is 47.3 Å². The summed E-state index contributed by atoms with van der Waals surface area (Å²) in [6.45, 7) is 3.14. The van der Waals surface area contributed by atoms with Gasteiger partial charge in [-0.15, -0.1) is 23.4 Å². The average Bonchev–Trinajstić information content (AvgIpc) is 3.16. The van der Waals surface area contributed by atoms with Crippen molar-refractivity contribution in [1.29, 1.82) is 0 Å². The van der Waals surface area contributed by atoms with E-state index in [4.69, 9.17) is 21.1 Å². The van der Waals surface area contributed by atoms with Gasteiger partial charge in [0.2, 0.25) is 5.91 Å². The summed E-state index contributed by atoms with van der Waals surface area (Å²) < 4.78 is 26.0. The maximum Gasteiger partial charge on any atom is 0.240 e. The number of ether oxygens (including phenoxy) is 2. The molecule has 37 heavy (non-hydrogen) atoms. The van der Waals surface area contributed by atoms with Gasteiger partial charge < -0.3 is 40.7 Å². The number of aliphatic hydroxyl groups is 3. The van der Waals surface area contributed by atoms with Crippen molar-refractivity contribution in [2.45, 2.75) is 85.8 Å². The molecule has 0 radical (unpaired) electrons. The van der Waals surface area contributed by atoms with Gasteiger partial charge in [-0.2, -0.15) is 0 Å². The molecule has 3 fully saturated rings. The van der Waals surface area contributed by atoms with Crippen LogP contribution in [0.15, 0.2) is 24.3 Å². The lowest BCUT2D eigenvalue weighted by Crippen LogP contribution is -2.65. The van der Waals surface area contributed by atoms with Crippen molar-refractivity contribution in [3.63, 3.8) is 0 Å². The van der Waals surface area contributed by atoms with E-state index in [1.165, 1.54) is 17.8 Å². The lowest BCUT2D eigenvalue weighted by atomic mass is 9.92. The van der Waals surface area contributed by atoms with Crippen LogP contribution < -0.4 is 16.0 Å². The first-order valence-corrected chi connectivity index (χ1v) is 14.4. The largest absolute Gasteiger partial charge is 0.388 e. The van der Waals surface area contributed by atoms with Gasteiger partial charge >= 0.3 is 0 Å². The van der Waals surface area contributed by atoms with Crippen molar-refractivity contribution in [2.24, 2.45) is 5.92 Å². The molecule has 1 amide bonds. The fourth-order valence-corrected chi connectivity index (χ4v) is 6.35. The number of aliphatic hydroxyl groups excluding tert-OH is 3. The van der Waals surface area contributed by atoms with E-state index in [0.717, 1.165) is 12.8 Å². The highest BCUT2D eigenvalue weighted by Gasteiger charge is 2.49. The van der Waals surface area contributed by atoms with Crippen LogP contribution in [0.3, 0.4) is 0 Å². The zero-order valence-electron chi connectivity index (χ0n) is 20.9. The molecule has 0 bridgehead atoms. The first kappa shape index (κ1) is 29.0. The summed E-state index contributed by atoms with van der Waals surface area (Å²) in [5.74, 6) is -0.490. The third-order valence-corrected chi connectivity index (χ3v) is 8.70. The highest BCUT2D eigenvalue weighted by molar-refractivity contribution is 7.99. The SMILES string of the molecule is CSC1O[C@H]([C@H](NC(=O)[C@H]2NC[C@@H]3CC(NCc4ccccc4F)CCO[C@H]32)C(C)Cl)C(O)C(O)[C@H]1O. The van der Waals surface area contributed by atoms with E-state index in [2.05, 4.69) is 16.0 Å². The van der Waals surface area contributed by atoms with E-state index >= 15 is 0 Å². The number of hydrogen-bond donors (Lipinski definition) is 6. The molecule has 3 saturated heterocycles. The fourth-order valence-electron chi connectivity index (χ4n) is 5.46. The summed E-state index contributed by atoms with van der Waals surface area (Å²) in [6, 6.07) is 5.37. The third-order valence-electron chi connectivity index (χ3n) is 7.58. The maximum absolute atomic E-state index is 14.0. The highest BCUT2D eigenvalue weighted by atomic mass is 35.5. The maximum atomic E-state index is 14.0. The molecule has 11 atom stereocenters. The Morgan fingerprint density at radius 2 is 2.03 bits per heavy atom. The van der Waals surface area contributed by atoms with E-state index in [0.29, 0.717) is 25.3 Å². The topological polar surface area (TPSA) is 132 Å². The Labute approximate surface area is 225 Å². The summed E-state index contributed by atoms with van der Waals surface area (Å²) in [7, 11) is 0. The summed E-state index contributed by atoms with van der Waals surface area (Å²) in [5, 5.41) is 40.1. The molecular formula is C25H37ClFN3O6S. The summed E-state index contributed by atoms with van der Waals surface area (Å²) in [4.78, 5) is 13.4. The van der Waals surface area contributed by atoms with Gasteiger partial charge in [0.05, 0.1) is 17.5 Å². The third kappa shape index (κ3) is 6.59. The molecule has 9 nitrogen and oxygen atoms in total. The van der Waals surface area contributed by atoms with E-state index in [1.807, 2.05) is 6.07 Å². The molecule has 0 aliphatic carbocycles. The number of carbonyl (C=O) groups excluding carboxylic acids is 1.